The highest BCUT2D eigenvalue weighted by atomic mass is 15.2. The van der Waals surface area contributed by atoms with E-state index in [9.17, 15) is 0 Å². The molecule has 98 valence electrons. The van der Waals surface area contributed by atoms with Gasteiger partial charge in [-0.05, 0) is 76.1 Å². The number of hydrogen-bond donors (Lipinski definition) is 0. The maximum Gasteiger partial charge on any atom is 0.00385 e. The summed E-state index contributed by atoms with van der Waals surface area (Å²) in [5.74, 6) is 0. The lowest BCUT2D eigenvalue weighted by Gasteiger charge is -2.41. The van der Waals surface area contributed by atoms with Gasteiger partial charge in [0.25, 0.3) is 0 Å². The normalized spacial score (nSPS) is 22.7. The highest BCUT2D eigenvalue weighted by Gasteiger charge is 2.39. The first-order valence-electron chi connectivity index (χ1n) is 7.40. The molecule has 0 N–H and O–H groups in total. The number of aryl methyl sites for hydroxylation is 1. The number of piperidine rings is 1. The fraction of sp³-hybridized carbons (Fsp3) is 0.647. The quantitative estimate of drug-likeness (QED) is 0.728. The Morgan fingerprint density at radius 2 is 1.72 bits per heavy atom. The van der Waals surface area contributed by atoms with Gasteiger partial charge in [0.1, 0.15) is 0 Å². The molecule has 3 rings (SSSR count). The second-order valence-electron chi connectivity index (χ2n) is 6.76. The Hall–Kier alpha value is -0.820. The second-order valence-corrected chi connectivity index (χ2v) is 6.76. The van der Waals surface area contributed by atoms with Crippen molar-refractivity contribution in [3.8, 4) is 0 Å². The summed E-state index contributed by atoms with van der Waals surface area (Å²) in [6.07, 6.45) is 5.43. The van der Waals surface area contributed by atoms with Gasteiger partial charge in [0.2, 0.25) is 0 Å². The molecule has 0 bridgehead atoms. The van der Waals surface area contributed by atoms with E-state index in [1.165, 1.54) is 44.3 Å². The fourth-order valence-electron chi connectivity index (χ4n) is 3.83. The molecule has 1 aliphatic carbocycles. The zero-order valence-corrected chi connectivity index (χ0v) is 12.0. The highest BCUT2D eigenvalue weighted by molar-refractivity contribution is 5.37. The van der Waals surface area contributed by atoms with Crippen LogP contribution in [-0.4, -0.2) is 24.0 Å². The summed E-state index contributed by atoms with van der Waals surface area (Å²) in [5.41, 5.74) is 5.28. The van der Waals surface area contributed by atoms with Crippen LogP contribution in [0, 0.1) is 12.3 Å². The summed E-state index contributed by atoms with van der Waals surface area (Å²) in [4.78, 5) is 2.64. The Labute approximate surface area is 111 Å². The first-order valence-corrected chi connectivity index (χ1v) is 7.40. The van der Waals surface area contributed by atoms with Crippen LogP contribution in [0.25, 0.3) is 0 Å². The van der Waals surface area contributed by atoms with E-state index in [-0.39, 0.29) is 0 Å². The third-order valence-electron chi connectivity index (χ3n) is 5.08. The van der Waals surface area contributed by atoms with Gasteiger partial charge in [0, 0.05) is 6.04 Å². The van der Waals surface area contributed by atoms with Gasteiger partial charge < -0.3 is 4.90 Å². The number of fused-ring (bicyclic) bond motifs is 1. The Kier molecular flexibility index (Phi) is 2.97. The monoisotopic (exact) mass is 243 g/mol. The summed E-state index contributed by atoms with van der Waals surface area (Å²) in [6.45, 7) is 9.46. The molecule has 1 aliphatic heterocycles. The number of likely N-dealkylation sites (tertiary alicyclic amines) is 1. The van der Waals surface area contributed by atoms with E-state index >= 15 is 0 Å². The molecule has 0 saturated carbocycles. The van der Waals surface area contributed by atoms with Gasteiger partial charge in [0.05, 0.1) is 0 Å². The van der Waals surface area contributed by atoms with Crippen molar-refractivity contribution in [3.05, 3.63) is 34.9 Å². The minimum absolute atomic E-state index is 0.599. The predicted octanol–water partition coefficient (Wildman–Crippen LogP) is 3.58. The van der Waals surface area contributed by atoms with Crippen molar-refractivity contribution >= 4 is 0 Å². The van der Waals surface area contributed by atoms with E-state index in [1.807, 2.05) is 0 Å². The minimum Gasteiger partial charge on any atom is -0.301 e. The highest BCUT2D eigenvalue weighted by Crippen LogP contribution is 2.44. The summed E-state index contributed by atoms with van der Waals surface area (Å²) in [6, 6.07) is 7.78. The fourth-order valence-corrected chi connectivity index (χ4v) is 3.83. The lowest BCUT2D eigenvalue weighted by Crippen LogP contribution is -2.43. The van der Waals surface area contributed by atoms with Crippen molar-refractivity contribution < 1.29 is 0 Å². The van der Waals surface area contributed by atoms with Crippen LogP contribution in [0.3, 0.4) is 0 Å². The van der Waals surface area contributed by atoms with Gasteiger partial charge >= 0.3 is 0 Å². The molecule has 0 amide bonds. The Balaban J connectivity index is 1.74. The third kappa shape index (κ3) is 2.09. The van der Waals surface area contributed by atoms with Crippen molar-refractivity contribution in [2.24, 2.45) is 5.41 Å². The Bertz CT molecular complexity index is 439. The average Bonchev–Trinajstić information content (AvgIpc) is 2.66. The summed E-state index contributed by atoms with van der Waals surface area (Å²) in [5, 5.41) is 0. The molecule has 1 heteroatoms. The molecule has 1 aromatic rings. The van der Waals surface area contributed by atoms with Crippen molar-refractivity contribution in [1.29, 1.82) is 0 Å². The smallest absolute Gasteiger partial charge is 0.00385 e. The van der Waals surface area contributed by atoms with Crippen molar-refractivity contribution in [2.75, 3.05) is 13.1 Å². The van der Waals surface area contributed by atoms with Crippen LogP contribution in [-0.2, 0) is 12.8 Å². The van der Waals surface area contributed by atoms with E-state index < -0.39 is 0 Å². The first-order chi connectivity index (χ1) is 8.58. The lowest BCUT2D eigenvalue weighted by molar-refractivity contribution is 0.0895. The molecule has 0 aromatic heterocycles. The van der Waals surface area contributed by atoms with Crippen LogP contribution in [0.2, 0.25) is 0 Å². The third-order valence-corrected chi connectivity index (χ3v) is 5.08. The van der Waals surface area contributed by atoms with Crippen LogP contribution in [0.15, 0.2) is 18.2 Å². The molecule has 0 radical (unpaired) electrons. The van der Waals surface area contributed by atoms with Gasteiger partial charge in [-0.15, -0.1) is 0 Å². The number of nitrogens with zero attached hydrogens (tertiary/aromatic N) is 1. The van der Waals surface area contributed by atoms with E-state index in [2.05, 4.69) is 43.9 Å². The molecule has 1 spiro atoms. The average molecular weight is 243 g/mol. The van der Waals surface area contributed by atoms with Crippen molar-refractivity contribution in [3.63, 3.8) is 0 Å². The predicted molar refractivity (Wildman–Crippen MR) is 77.0 cm³/mol. The Morgan fingerprint density at radius 1 is 1.06 bits per heavy atom. The topological polar surface area (TPSA) is 3.24 Å². The zero-order chi connectivity index (χ0) is 12.8. The largest absolute Gasteiger partial charge is 0.301 e. The van der Waals surface area contributed by atoms with E-state index in [0.717, 1.165) is 0 Å². The minimum atomic E-state index is 0.599. The molecule has 2 aliphatic rings. The second kappa shape index (κ2) is 4.38. The molecule has 0 atom stereocenters. The molecular weight excluding hydrogens is 218 g/mol. The molecule has 1 nitrogen and oxygen atoms in total. The van der Waals surface area contributed by atoms with Crippen LogP contribution in [0.1, 0.15) is 43.4 Å². The molecule has 1 saturated heterocycles. The van der Waals surface area contributed by atoms with Gasteiger partial charge in [-0.25, -0.2) is 0 Å². The summed E-state index contributed by atoms with van der Waals surface area (Å²) >= 11 is 0. The van der Waals surface area contributed by atoms with Crippen LogP contribution >= 0.6 is 0 Å². The van der Waals surface area contributed by atoms with Crippen LogP contribution in [0.5, 0.6) is 0 Å². The molecule has 1 aromatic carbocycles. The van der Waals surface area contributed by atoms with Crippen molar-refractivity contribution in [1.82, 2.24) is 4.90 Å². The zero-order valence-electron chi connectivity index (χ0n) is 12.0. The number of benzene rings is 1. The van der Waals surface area contributed by atoms with Gasteiger partial charge in [0.15, 0.2) is 0 Å². The lowest BCUT2D eigenvalue weighted by atomic mass is 9.76. The Morgan fingerprint density at radius 3 is 2.39 bits per heavy atom. The van der Waals surface area contributed by atoms with E-state index in [4.69, 9.17) is 0 Å². The molecule has 1 heterocycles. The van der Waals surface area contributed by atoms with Gasteiger partial charge in [-0.2, -0.15) is 0 Å². The molecule has 0 unspecified atom stereocenters. The number of hydrogen-bond acceptors (Lipinski definition) is 1. The molecular formula is C17H25N. The number of rotatable bonds is 1. The summed E-state index contributed by atoms with van der Waals surface area (Å²) < 4.78 is 0. The maximum atomic E-state index is 2.64. The van der Waals surface area contributed by atoms with E-state index in [1.54, 1.807) is 11.1 Å². The standard InChI is InChI=1S/C17H25N/c1-13(2)18-8-6-17(7-9-18)11-15-5-4-14(3)10-16(15)12-17/h4-5,10,13H,6-9,11-12H2,1-3H3. The SMILES string of the molecule is Cc1ccc2c(c1)CC1(CCN(C(C)C)CC1)C2. The molecule has 1 fully saturated rings. The summed E-state index contributed by atoms with van der Waals surface area (Å²) in [7, 11) is 0. The van der Waals surface area contributed by atoms with Crippen LogP contribution < -0.4 is 0 Å². The van der Waals surface area contributed by atoms with E-state index in [0.29, 0.717) is 11.5 Å². The maximum absolute atomic E-state index is 2.64. The van der Waals surface area contributed by atoms with Gasteiger partial charge in [-0.1, -0.05) is 23.8 Å². The van der Waals surface area contributed by atoms with Crippen LogP contribution in [0.4, 0.5) is 0 Å². The van der Waals surface area contributed by atoms with Crippen molar-refractivity contribution in [2.45, 2.75) is 52.5 Å². The first kappa shape index (κ1) is 12.2. The molecule has 18 heavy (non-hydrogen) atoms. The van der Waals surface area contributed by atoms with Gasteiger partial charge in [-0.3, -0.25) is 0 Å².